The Bertz CT molecular complexity index is 2790. The second-order valence-corrected chi connectivity index (χ2v) is 13.7. The third kappa shape index (κ3) is 5.51. The molecule has 0 amide bonds. The third-order valence-corrected chi connectivity index (χ3v) is 10.7. The van der Waals surface area contributed by atoms with Gasteiger partial charge >= 0.3 is 0 Å². The van der Waals surface area contributed by atoms with Crippen LogP contribution in [0.2, 0.25) is 0 Å². The summed E-state index contributed by atoms with van der Waals surface area (Å²) in [6.45, 7) is 0. The molecule has 0 unspecified atom stereocenters. The van der Waals surface area contributed by atoms with Crippen molar-refractivity contribution in [3.8, 4) is 33.4 Å². The van der Waals surface area contributed by atoms with Gasteiger partial charge in [0.05, 0.1) is 0 Å². The molecular formula is C52H35N. The van der Waals surface area contributed by atoms with Gasteiger partial charge in [-0.2, -0.15) is 0 Å². The van der Waals surface area contributed by atoms with E-state index in [1.165, 1.54) is 76.5 Å². The van der Waals surface area contributed by atoms with Crippen LogP contribution >= 0.6 is 0 Å². The molecule has 10 aromatic rings. The van der Waals surface area contributed by atoms with Gasteiger partial charge in [-0.25, -0.2) is 0 Å². The summed E-state index contributed by atoms with van der Waals surface area (Å²) in [5.74, 6) is 0. The summed E-state index contributed by atoms with van der Waals surface area (Å²) >= 11 is 0. The summed E-state index contributed by atoms with van der Waals surface area (Å²) in [6.07, 6.45) is 0. The van der Waals surface area contributed by atoms with E-state index >= 15 is 0 Å². The second kappa shape index (κ2) is 13.0. The molecule has 0 N–H and O–H groups in total. The van der Waals surface area contributed by atoms with Gasteiger partial charge in [-0.15, -0.1) is 0 Å². The van der Waals surface area contributed by atoms with Crippen LogP contribution in [0.15, 0.2) is 212 Å². The van der Waals surface area contributed by atoms with Crippen molar-refractivity contribution in [2.75, 3.05) is 4.90 Å². The van der Waals surface area contributed by atoms with E-state index in [9.17, 15) is 0 Å². The van der Waals surface area contributed by atoms with Gasteiger partial charge in [0.2, 0.25) is 0 Å². The van der Waals surface area contributed by atoms with E-state index in [0.717, 1.165) is 17.1 Å². The molecule has 0 bridgehead atoms. The van der Waals surface area contributed by atoms with Crippen molar-refractivity contribution in [3.05, 3.63) is 212 Å². The smallest absolute Gasteiger partial charge is 0.0462 e. The van der Waals surface area contributed by atoms with Crippen LogP contribution in [0.25, 0.3) is 76.5 Å². The van der Waals surface area contributed by atoms with Gasteiger partial charge in [-0.3, -0.25) is 0 Å². The Morgan fingerprint density at radius 2 is 0.547 bits per heavy atom. The number of benzene rings is 10. The van der Waals surface area contributed by atoms with Crippen LogP contribution in [0, 0.1) is 0 Å². The average molecular weight is 674 g/mol. The fourth-order valence-corrected chi connectivity index (χ4v) is 8.06. The quantitative estimate of drug-likeness (QED) is 0.159. The Morgan fingerprint density at radius 3 is 1.02 bits per heavy atom. The lowest BCUT2D eigenvalue weighted by Crippen LogP contribution is -2.09. The molecule has 0 saturated carbocycles. The summed E-state index contributed by atoms with van der Waals surface area (Å²) in [7, 11) is 0. The molecule has 0 radical (unpaired) electrons. The fourth-order valence-electron chi connectivity index (χ4n) is 8.06. The van der Waals surface area contributed by atoms with Gasteiger partial charge in [0.15, 0.2) is 0 Å². The minimum Gasteiger partial charge on any atom is -0.311 e. The number of hydrogen-bond acceptors (Lipinski definition) is 1. The largest absolute Gasteiger partial charge is 0.311 e. The molecule has 53 heavy (non-hydrogen) atoms. The lowest BCUT2D eigenvalue weighted by Gasteiger charge is -2.26. The summed E-state index contributed by atoms with van der Waals surface area (Å²) in [5, 5.41) is 10.1. The Hall–Kier alpha value is -6.96. The molecule has 0 aliphatic rings. The van der Waals surface area contributed by atoms with Gasteiger partial charge in [-0.05, 0) is 113 Å². The summed E-state index contributed by atoms with van der Waals surface area (Å²) in [5.41, 5.74) is 10.7. The van der Waals surface area contributed by atoms with E-state index in [0.29, 0.717) is 0 Å². The molecule has 248 valence electrons. The zero-order valence-corrected chi connectivity index (χ0v) is 29.2. The normalized spacial score (nSPS) is 11.4. The SMILES string of the molecule is c1ccc2c(-c3ccc(N(c4ccc(-c5cccc6ccccc56)cc4)c4ccc(-c5cccc6c5ccc5ccccc56)cc4)cc3)cccc2c1. The Balaban J connectivity index is 1.06. The Labute approximate surface area is 309 Å². The highest BCUT2D eigenvalue weighted by Crippen LogP contribution is 2.40. The Morgan fingerprint density at radius 1 is 0.208 bits per heavy atom. The molecular weight excluding hydrogens is 639 g/mol. The molecule has 0 saturated heterocycles. The van der Waals surface area contributed by atoms with E-state index in [2.05, 4.69) is 217 Å². The molecule has 0 atom stereocenters. The lowest BCUT2D eigenvalue weighted by molar-refractivity contribution is 1.28. The summed E-state index contributed by atoms with van der Waals surface area (Å²) in [6, 6.07) is 77.2. The lowest BCUT2D eigenvalue weighted by atomic mass is 9.94. The number of fused-ring (bicyclic) bond motifs is 5. The predicted octanol–water partition coefficient (Wildman–Crippen LogP) is 14.8. The predicted molar refractivity (Wildman–Crippen MR) is 227 cm³/mol. The molecule has 10 aromatic carbocycles. The standard InChI is InChI=1S/C52H35N/c1-4-15-45-36(10-1)13-7-18-47(45)39-22-29-42(30-23-39)53(43-31-24-40(25-32-43)48-19-8-14-37-11-2-5-16-46(37)48)44-33-26-41(27-34-44)50-20-9-21-51-49-17-6-3-12-38(49)28-35-52(50)51/h1-35H. The van der Waals surface area contributed by atoms with Crippen LogP contribution < -0.4 is 4.90 Å². The highest BCUT2D eigenvalue weighted by atomic mass is 15.1. The van der Waals surface area contributed by atoms with Crippen LogP contribution in [-0.4, -0.2) is 0 Å². The molecule has 0 heterocycles. The van der Waals surface area contributed by atoms with Crippen LogP contribution in [0.4, 0.5) is 17.1 Å². The van der Waals surface area contributed by atoms with E-state index in [-0.39, 0.29) is 0 Å². The zero-order chi connectivity index (χ0) is 35.1. The summed E-state index contributed by atoms with van der Waals surface area (Å²) < 4.78 is 0. The molecule has 0 aliphatic carbocycles. The van der Waals surface area contributed by atoms with Crippen molar-refractivity contribution in [1.29, 1.82) is 0 Å². The van der Waals surface area contributed by atoms with Crippen LogP contribution in [0.3, 0.4) is 0 Å². The molecule has 1 heteroatoms. The van der Waals surface area contributed by atoms with Crippen molar-refractivity contribution in [1.82, 2.24) is 0 Å². The van der Waals surface area contributed by atoms with E-state index in [4.69, 9.17) is 0 Å². The zero-order valence-electron chi connectivity index (χ0n) is 29.2. The maximum absolute atomic E-state index is 2.36. The van der Waals surface area contributed by atoms with Crippen LogP contribution in [-0.2, 0) is 0 Å². The first kappa shape index (κ1) is 30.8. The van der Waals surface area contributed by atoms with E-state index in [1.54, 1.807) is 0 Å². The van der Waals surface area contributed by atoms with Crippen molar-refractivity contribution >= 4 is 60.2 Å². The van der Waals surface area contributed by atoms with Crippen molar-refractivity contribution in [3.63, 3.8) is 0 Å². The number of rotatable bonds is 6. The Kier molecular flexibility index (Phi) is 7.55. The molecule has 0 fully saturated rings. The van der Waals surface area contributed by atoms with E-state index in [1.807, 2.05) is 0 Å². The highest BCUT2D eigenvalue weighted by Gasteiger charge is 2.15. The van der Waals surface area contributed by atoms with Gasteiger partial charge in [0.1, 0.15) is 0 Å². The van der Waals surface area contributed by atoms with Gasteiger partial charge in [0.25, 0.3) is 0 Å². The average Bonchev–Trinajstić information content (AvgIpc) is 3.24. The third-order valence-electron chi connectivity index (χ3n) is 10.7. The molecule has 0 aliphatic heterocycles. The first-order valence-electron chi connectivity index (χ1n) is 18.3. The maximum atomic E-state index is 2.36. The number of anilines is 3. The monoisotopic (exact) mass is 673 g/mol. The van der Waals surface area contributed by atoms with Crippen LogP contribution in [0.5, 0.6) is 0 Å². The van der Waals surface area contributed by atoms with Gasteiger partial charge < -0.3 is 4.90 Å². The minimum atomic E-state index is 1.11. The number of nitrogens with zero attached hydrogens (tertiary/aromatic N) is 1. The summed E-state index contributed by atoms with van der Waals surface area (Å²) in [4.78, 5) is 2.36. The number of hydrogen-bond donors (Lipinski definition) is 0. The van der Waals surface area contributed by atoms with Crippen LogP contribution in [0.1, 0.15) is 0 Å². The van der Waals surface area contributed by atoms with Gasteiger partial charge in [0, 0.05) is 17.1 Å². The van der Waals surface area contributed by atoms with Gasteiger partial charge in [-0.1, -0.05) is 176 Å². The van der Waals surface area contributed by atoms with Crippen molar-refractivity contribution in [2.24, 2.45) is 0 Å². The molecule has 0 aromatic heterocycles. The second-order valence-electron chi connectivity index (χ2n) is 13.7. The van der Waals surface area contributed by atoms with E-state index < -0.39 is 0 Å². The molecule has 1 nitrogen and oxygen atoms in total. The first-order valence-corrected chi connectivity index (χ1v) is 18.3. The topological polar surface area (TPSA) is 3.24 Å². The van der Waals surface area contributed by atoms with Crippen molar-refractivity contribution < 1.29 is 0 Å². The first-order chi connectivity index (χ1) is 26.3. The fraction of sp³-hybridized carbons (Fsp3) is 0. The highest BCUT2D eigenvalue weighted by molar-refractivity contribution is 6.12. The molecule has 0 spiro atoms. The minimum absolute atomic E-state index is 1.11. The van der Waals surface area contributed by atoms with Crippen molar-refractivity contribution in [2.45, 2.75) is 0 Å². The maximum Gasteiger partial charge on any atom is 0.0462 e. The molecule has 10 rings (SSSR count).